The number of nitrogens with zero attached hydrogens (tertiary/aromatic N) is 2. The molecule has 0 radical (unpaired) electrons. The number of benzene rings is 3. The van der Waals surface area contributed by atoms with Gasteiger partial charge in [0, 0.05) is 5.69 Å². The van der Waals surface area contributed by atoms with Crippen LogP contribution in [0.5, 0.6) is 0 Å². The molecule has 0 saturated heterocycles. The molecule has 0 fully saturated rings. The molecule has 3 aromatic rings. The van der Waals surface area contributed by atoms with Crippen LogP contribution in [0.15, 0.2) is 96.0 Å². The van der Waals surface area contributed by atoms with Gasteiger partial charge in [-0.05, 0) is 23.3 Å². The van der Waals surface area contributed by atoms with Crippen LogP contribution in [0.25, 0.3) is 0 Å². The highest BCUT2D eigenvalue weighted by atomic mass is 15.3. The lowest BCUT2D eigenvalue weighted by molar-refractivity contribution is 0.580. The molecule has 1 aliphatic heterocycles. The summed E-state index contributed by atoms with van der Waals surface area (Å²) >= 11 is 0. The van der Waals surface area contributed by atoms with Crippen molar-refractivity contribution < 1.29 is 0 Å². The Morgan fingerprint density at radius 1 is 0.652 bits per heavy atom. The van der Waals surface area contributed by atoms with Crippen LogP contribution in [0.4, 0.5) is 5.69 Å². The van der Waals surface area contributed by atoms with E-state index in [0.29, 0.717) is 0 Å². The van der Waals surface area contributed by atoms with Gasteiger partial charge in [-0.1, -0.05) is 78.9 Å². The Kier molecular flexibility index (Phi) is 3.43. The number of rotatable bonds is 3. The molecule has 3 aromatic carbocycles. The van der Waals surface area contributed by atoms with E-state index in [4.69, 9.17) is 0 Å². The van der Waals surface area contributed by atoms with Crippen molar-refractivity contribution in [2.45, 2.75) is 5.54 Å². The van der Waals surface area contributed by atoms with E-state index in [-0.39, 0.29) is 5.54 Å². The second-order valence-corrected chi connectivity index (χ2v) is 5.75. The first-order chi connectivity index (χ1) is 11.4. The molecule has 2 heteroatoms. The largest absolute Gasteiger partial charge is 0.316 e. The van der Waals surface area contributed by atoms with Crippen LogP contribution in [0, 0.1) is 0 Å². The van der Waals surface area contributed by atoms with Gasteiger partial charge >= 0.3 is 0 Å². The Bertz CT molecular complexity index is 756. The van der Waals surface area contributed by atoms with Crippen molar-refractivity contribution in [3.05, 3.63) is 102 Å². The average molecular weight is 298 g/mol. The van der Waals surface area contributed by atoms with E-state index in [9.17, 15) is 0 Å². The first-order valence-electron chi connectivity index (χ1n) is 7.87. The minimum absolute atomic E-state index is 0.288. The van der Waals surface area contributed by atoms with Gasteiger partial charge in [0.15, 0.2) is 0 Å². The lowest BCUT2D eigenvalue weighted by Gasteiger charge is -2.39. The highest BCUT2D eigenvalue weighted by Crippen LogP contribution is 2.41. The van der Waals surface area contributed by atoms with Crippen LogP contribution in [-0.4, -0.2) is 12.9 Å². The van der Waals surface area contributed by atoms with Gasteiger partial charge < -0.3 is 4.90 Å². The summed E-state index contributed by atoms with van der Waals surface area (Å²) in [7, 11) is 0. The number of aliphatic imine (C=N–C) groups is 1. The Labute approximate surface area is 136 Å². The highest BCUT2D eigenvalue weighted by Gasteiger charge is 2.42. The molecule has 0 aromatic heterocycles. The fraction of sp³-hybridized carbons (Fsp3) is 0.0952. The summed E-state index contributed by atoms with van der Waals surface area (Å²) in [5.74, 6) is 0. The minimum Gasteiger partial charge on any atom is -0.316 e. The van der Waals surface area contributed by atoms with Gasteiger partial charge in [-0.3, -0.25) is 4.99 Å². The molecular formula is C21H18N2. The van der Waals surface area contributed by atoms with E-state index in [0.717, 1.165) is 12.2 Å². The van der Waals surface area contributed by atoms with Crippen LogP contribution in [0.2, 0.25) is 0 Å². The van der Waals surface area contributed by atoms with Crippen LogP contribution >= 0.6 is 0 Å². The first kappa shape index (κ1) is 13.8. The first-order valence-corrected chi connectivity index (χ1v) is 7.87. The summed E-state index contributed by atoms with van der Waals surface area (Å²) in [6.07, 6.45) is 1.97. The summed E-state index contributed by atoms with van der Waals surface area (Å²) in [4.78, 5) is 6.94. The summed E-state index contributed by atoms with van der Waals surface area (Å²) in [6.45, 7) is 0.718. The van der Waals surface area contributed by atoms with E-state index in [1.54, 1.807) is 0 Å². The van der Waals surface area contributed by atoms with E-state index >= 15 is 0 Å². The van der Waals surface area contributed by atoms with E-state index < -0.39 is 0 Å². The van der Waals surface area contributed by atoms with Gasteiger partial charge in [0.2, 0.25) is 0 Å². The second-order valence-electron chi connectivity index (χ2n) is 5.75. The molecule has 0 saturated carbocycles. The third-order valence-electron chi connectivity index (χ3n) is 4.47. The van der Waals surface area contributed by atoms with Crippen LogP contribution in [-0.2, 0) is 5.54 Å². The maximum Gasteiger partial charge on any atom is 0.116 e. The molecule has 0 amide bonds. The third-order valence-corrected chi connectivity index (χ3v) is 4.47. The molecule has 0 bridgehead atoms. The fourth-order valence-corrected chi connectivity index (χ4v) is 3.36. The quantitative estimate of drug-likeness (QED) is 0.696. The lowest BCUT2D eigenvalue weighted by Crippen LogP contribution is -2.45. The van der Waals surface area contributed by atoms with Crippen molar-refractivity contribution in [2.75, 3.05) is 11.4 Å². The molecule has 0 N–H and O–H groups in total. The topological polar surface area (TPSA) is 15.6 Å². The van der Waals surface area contributed by atoms with Gasteiger partial charge in [-0.2, -0.15) is 0 Å². The normalized spacial score (nSPS) is 15.7. The van der Waals surface area contributed by atoms with Crippen molar-refractivity contribution in [1.82, 2.24) is 0 Å². The molecule has 1 heterocycles. The zero-order valence-corrected chi connectivity index (χ0v) is 12.8. The van der Waals surface area contributed by atoms with Gasteiger partial charge in [0.1, 0.15) is 5.54 Å². The lowest BCUT2D eigenvalue weighted by atomic mass is 9.81. The molecule has 2 nitrogen and oxygen atoms in total. The molecule has 0 spiro atoms. The Balaban J connectivity index is 1.93. The van der Waals surface area contributed by atoms with Gasteiger partial charge in [-0.15, -0.1) is 0 Å². The number of anilines is 1. The molecule has 112 valence electrons. The van der Waals surface area contributed by atoms with Crippen molar-refractivity contribution in [3.63, 3.8) is 0 Å². The Morgan fingerprint density at radius 3 is 1.65 bits per heavy atom. The zero-order chi connectivity index (χ0) is 15.5. The number of para-hydroxylation sites is 1. The predicted molar refractivity (Wildman–Crippen MR) is 95.9 cm³/mol. The smallest absolute Gasteiger partial charge is 0.116 e. The molecule has 1 aliphatic rings. The SMILES string of the molecule is C1=NCC(c2ccccc2)(c2ccccc2)N1c1ccccc1. The van der Waals surface area contributed by atoms with Crippen molar-refractivity contribution in [1.29, 1.82) is 0 Å². The fourth-order valence-electron chi connectivity index (χ4n) is 3.36. The Hall–Kier alpha value is -2.87. The van der Waals surface area contributed by atoms with E-state index in [1.807, 2.05) is 12.4 Å². The number of hydrogen-bond acceptors (Lipinski definition) is 2. The molecule has 4 rings (SSSR count). The Morgan fingerprint density at radius 2 is 1.13 bits per heavy atom. The van der Waals surface area contributed by atoms with Crippen molar-refractivity contribution >= 4 is 12.0 Å². The average Bonchev–Trinajstić information content (AvgIpc) is 3.10. The van der Waals surface area contributed by atoms with Gasteiger partial charge in [0.25, 0.3) is 0 Å². The minimum atomic E-state index is -0.288. The van der Waals surface area contributed by atoms with Crippen LogP contribution in [0.3, 0.4) is 0 Å². The molecule has 0 atom stereocenters. The standard InChI is InChI=1S/C21H18N2/c1-4-10-18(11-5-1)21(19-12-6-2-7-13-19)16-22-17-23(21)20-14-8-3-9-15-20/h1-15,17H,16H2. The van der Waals surface area contributed by atoms with Gasteiger partial charge in [-0.25, -0.2) is 0 Å². The van der Waals surface area contributed by atoms with Gasteiger partial charge in [0.05, 0.1) is 12.9 Å². The molecule has 23 heavy (non-hydrogen) atoms. The summed E-state index contributed by atoms with van der Waals surface area (Å²) in [5.41, 5.74) is 3.38. The van der Waals surface area contributed by atoms with Crippen LogP contribution < -0.4 is 4.90 Å². The van der Waals surface area contributed by atoms with Crippen molar-refractivity contribution in [2.24, 2.45) is 4.99 Å². The summed E-state index contributed by atoms with van der Waals surface area (Å²) in [5, 5.41) is 0. The summed E-state index contributed by atoms with van der Waals surface area (Å²) < 4.78 is 0. The third kappa shape index (κ3) is 2.23. The van der Waals surface area contributed by atoms with E-state index in [1.165, 1.54) is 11.1 Å². The van der Waals surface area contributed by atoms with E-state index in [2.05, 4.69) is 94.8 Å². The maximum atomic E-state index is 4.65. The molecule has 0 aliphatic carbocycles. The zero-order valence-electron chi connectivity index (χ0n) is 12.8. The molecular weight excluding hydrogens is 280 g/mol. The molecule has 0 unspecified atom stereocenters. The summed E-state index contributed by atoms with van der Waals surface area (Å²) in [6, 6.07) is 31.7. The predicted octanol–water partition coefficient (Wildman–Crippen LogP) is 4.48. The highest BCUT2D eigenvalue weighted by molar-refractivity contribution is 5.86. The van der Waals surface area contributed by atoms with Crippen molar-refractivity contribution in [3.8, 4) is 0 Å². The second kappa shape index (κ2) is 5.73. The number of hydrogen-bond donors (Lipinski definition) is 0. The monoisotopic (exact) mass is 298 g/mol. The maximum absolute atomic E-state index is 4.65. The van der Waals surface area contributed by atoms with Crippen LogP contribution in [0.1, 0.15) is 11.1 Å².